The van der Waals surface area contributed by atoms with Gasteiger partial charge >= 0.3 is 0 Å². The van der Waals surface area contributed by atoms with Gasteiger partial charge in [0, 0.05) is 0 Å². The fraction of sp³-hybridized carbons (Fsp3) is 0.571. The van der Waals surface area contributed by atoms with E-state index in [2.05, 4.69) is 10.5 Å². The summed E-state index contributed by atoms with van der Waals surface area (Å²) >= 11 is 7.29. The summed E-state index contributed by atoms with van der Waals surface area (Å²) in [4.78, 5) is 12.9. The van der Waals surface area contributed by atoms with Crippen molar-refractivity contribution in [2.45, 2.75) is 50.5 Å². The number of hydrogen-bond donors (Lipinski definition) is 3. The van der Waals surface area contributed by atoms with E-state index in [9.17, 15) is 4.79 Å². The van der Waals surface area contributed by atoms with Crippen LogP contribution in [0.3, 0.4) is 0 Å². The Kier molecular flexibility index (Phi) is 5.47. The van der Waals surface area contributed by atoms with E-state index in [1.165, 1.54) is 17.8 Å². The summed E-state index contributed by atoms with van der Waals surface area (Å²) in [6.07, 6.45) is 6.61. The van der Waals surface area contributed by atoms with Gasteiger partial charge in [-0.15, -0.1) is 11.3 Å². The van der Waals surface area contributed by atoms with Crippen molar-refractivity contribution in [1.82, 2.24) is 5.32 Å². The number of hydrogen-bond acceptors (Lipinski definition) is 4. The lowest BCUT2D eigenvalue weighted by Crippen LogP contribution is -2.57. The number of nitrogens with one attached hydrogen (secondary N) is 1. The summed E-state index contributed by atoms with van der Waals surface area (Å²) in [5.74, 6) is -0.187. The fourth-order valence-electron chi connectivity index (χ4n) is 2.78. The fourth-order valence-corrected chi connectivity index (χ4v) is 3.82. The third-order valence-corrected chi connectivity index (χ3v) is 5.32. The van der Waals surface area contributed by atoms with Gasteiger partial charge in [-0.05, 0) is 24.3 Å². The quantitative estimate of drug-likeness (QED) is 0.344. The average Bonchev–Trinajstić information content (AvgIpc) is 2.87. The lowest BCUT2D eigenvalue weighted by atomic mass is 9.82. The Morgan fingerprint density at radius 3 is 2.48 bits per heavy atom. The van der Waals surface area contributed by atoms with Gasteiger partial charge in [-0.3, -0.25) is 4.79 Å². The first-order valence-electron chi connectivity index (χ1n) is 7.12. The van der Waals surface area contributed by atoms with Gasteiger partial charge in [-0.25, -0.2) is 0 Å². The number of oxime groups is 1. The van der Waals surface area contributed by atoms with Crippen molar-refractivity contribution in [3.63, 3.8) is 0 Å². The summed E-state index contributed by atoms with van der Waals surface area (Å²) in [5, 5.41) is 17.4. The van der Waals surface area contributed by atoms with Crippen molar-refractivity contribution in [2.75, 3.05) is 0 Å². The maximum Gasteiger partial charge on any atom is 0.263 e. The SMILES string of the molecule is N/C(=N/O)C1(NC(=O)c2sccc2Cl)CCCCCCC1. The Bertz CT molecular complexity index is 522. The van der Waals surface area contributed by atoms with Gasteiger partial charge in [-0.1, -0.05) is 48.9 Å². The summed E-state index contributed by atoms with van der Waals surface area (Å²) in [5.41, 5.74) is 5.12. The Morgan fingerprint density at radius 1 is 1.33 bits per heavy atom. The Labute approximate surface area is 133 Å². The van der Waals surface area contributed by atoms with Crippen LogP contribution < -0.4 is 11.1 Å². The second-order valence-corrected chi connectivity index (χ2v) is 6.71. The summed E-state index contributed by atoms with van der Waals surface area (Å²) < 4.78 is 0. The van der Waals surface area contributed by atoms with E-state index in [-0.39, 0.29) is 11.7 Å². The van der Waals surface area contributed by atoms with Gasteiger partial charge in [0.25, 0.3) is 5.91 Å². The molecule has 5 nitrogen and oxygen atoms in total. The summed E-state index contributed by atoms with van der Waals surface area (Å²) in [7, 11) is 0. The van der Waals surface area contributed by atoms with E-state index in [4.69, 9.17) is 22.5 Å². The first-order chi connectivity index (χ1) is 10.1. The van der Waals surface area contributed by atoms with Gasteiger partial charge in [0.2, 0.25) is 0 Å². The number of nitrogens with two attached hydrogens (primary N) is 1. The molecule has 1 fully saturated rings. The Balaban J connectivity index is 2.23. The highest BCUT2D eigenvalue weighted by Gasteiger charge is 2.37. The second-order valence-electron chi connectivity index (χ2n) is 5.39. The van der Waals surface area contributed by atoms with Crippen molar-refractivity contribution < 1.29 is 10.0 Å². The van der Waals surface area contributed by atoms with Crippen LogP contribution >= 0.6 is 22.9 Å². The number of amidine groups is 1. The van der Waals surface area contributed by atoms with Crippen molar-refractivity contribution in [3.05, 3.63) is 21.3 Å². The van der Waals surface area contributed by atoms with E-state index < -0.39 is 5.54 Å². The zero-order valence-corrected chi connectivity index (χ0v) is 13.3. The van der Waals surface area contributed by atoms with E-state index in [0.717, 1.165) is 25.7 Å². The molecule has 0 unspecified atom stereocenters. The molecular formula is C14H20ClN3O2S. The molecule has 0 spiro atoms. The molecule has 0 radical (unpaired) electrons. The van der Waals surface area contributed by atoms with Crippen LogP contribution in [0.2, 0.25) is 5.02 Å². The minimum atomic E-state index is -0.778. The van der Waals surface area contributed by atoms with Crippen LogP contribution in [0.25, 0.3) is 0 Å². The molecule has 7 heteroatoms. The lowest BCUT2D eigenvalue weighted by Gasteiger charge is -2.35. The third kappa shape index (κ3) is 3.68. The molecule has 116 valence electrons. The zero-order valence-electron chi connectivity index (χ0n) is 11.8. The molecule has 0 aromatic carbocycles. The number of carbonyl (C=O) groups is 1. The number of nitrogens with zero attached hydrogens (tertiary/aromatic N) is 1. The molecule has 1 aliphatic rings. The molecule has 0 bridgehead atoms. The molecular weight excluding hydrogens is 310 g/mol. The molecule has 1 heterocycles. The Morgan fingerprint density at radius 2 is 1.95 bits per heavy atom. The van der Waals surface area contributed by atoms with Crippen LogP contribution in [0.15, 0.2) is 16.6 Å². The smallest absolute Gasteiger partial charge is 0.263 e. The van der Waals surface area contributed by atoms with Crippen LogP contribution in [-0.4, -0.2) is 22.5 Å². The molecule has 1 amide bonds. The number of amides is 1. The van der Waals surface area contributed by atoms with Gasteiger partial charge in [0.15, 0.2) is 5.84 Å². The standard InChI is InChI=1S/C14H20ClN3O2S/c15-10-6-9-21-11(10)12(19)17-14(13(16)18-20)7-4-2-1-3-5-8-14/h6,9,20H,1-5,7-8H2,(H2,16,18)(H,17,19). The lowest BCUT2D eigenvalue weighted by molar-refractivity contribution is 0.0914. The number of rotatable bonds is 3. The molecule has 0 aliphatic heterocycles. The van der Waals surface area contributed by atoms with Gasteiger partial charge in [-0.2, -0.15) is 0 Å². The minimum absolute atomic E-state index is 0.0745. The average molecular weight is 330 g/mol. The number of halogens is 1. The van der Waals surface area contributed by atoms with Crippen molar-refractivity contribution in [3.8, 4) is 0 Å². The second kappa shape index (κ2) is 7.13. The first kappa shape index (κ1) is 16.1. The molecule has 2 rings (SSSR count). The molecule has 21 heavy (non-hydrogen) atoms. The van der Waals surface area contributed by atoms with Crippen molar-refractivity contribution in [1.29, 1.82) is 0 Å². The highest BCUT2D eigenvalue weighted by molar-refractivity contribution is 7.12. The highest BCUT2D eigenvalue weighted by Crippen LogP contribution is 2.29. The van der Waals surface area contributed by atoms with E-state index in [1.54, 1.807) is 11.4 Å². The van der Waals surface area contributed by atoms with Gasteiger partial charge in [0.1, 0.15) is 10.4 Å². The molecule has 1 aromatic heterocycles. The number of thiophene rings is 1. The molecule has 1 aliphatic carbocycles. The van der Waals surface area contributed by atoms with E-state index in [1.807, 2.05) is 0 Å². The van der Waals surface area contributed by atoms with Crippen LogP contribution in [0.5, 0.6) is 0 Å². The van der Waals surface area contributed by atoms with Crippen LogP contribution in [-0.2, 0) is 0 Å². The third-order valence-electron chi connectivity index (χ3n) is 3.98. The monoisotopic (exact) mass is 329 g/mol. The predicted octanol–water partition coefficient (Wildman–Crippen LogP) is 3.36. The first-order valence-corrected chi connectivity index (χ1v) is 8.38. The maximum atomic E-state index is 12.4. The maximum absolute atomic E-state index is 12.4. The normalized spacial score (nSPS) is 19.6. The molecule has 4 N–H and O–H groups in total. The largest absolute Gasteiger partial charge is 0.409 e. The molecule has 1 saturated carbocycles. The molecule has 1 aromatic rings. The zero-order chi connectivity index (χ0) is 15.3. The van der Waals surface area contributed by atoms with Gasteiger partial charge < -0.3 is 16.3 Å². The van der Waals surface area contributed by atoms with E-state index in [0.29, 0.717) is 22.7 Å². The minimum Gasteiger partial charge on any atom is -0.409 e. The van der Waals surface area contributed by atoms with Crippen molar-refractivity contribution >= 4 is 34.7 Å². The van der Waals surface area contributed by atoms with Crippen LogP contribution in [0.1, 0.15) is 54.6 Å². The highest BCUT2D eigenvalue weighted by atomic mass is 35.5. The topological polar surface area (TPSA) is 87.7 Å². The Hall–Kier alpha value is -1.27. The summed E-state index contributed by atoms with van der Waals surface area (Å²) in [6.45, 7) is 0. The summed E-state index contributed by atoms with van der Waals surface area (Å²) in [6, 6.07) is 1.69. The van der Waals surface area contributed by atoms with Crippen molar-refractivity contribution in [2.24, 2.45) is 10.9 Å². The van der Waals surface area contributed by atoms with Crippen LogP contribution in [0, 0.1) is 0 Å². The van der Waals surface area contributed by atoms with Crippen LogP contribution in [0.4, 0.5) is 0 Å². The van der Waals surface area contributed by atoms with Gasteiger partial charge in [0.05, 0.1) is 5.02 Å². The van der Waals surface area contributed by atoms with E-state index >= 15 is 0 Å². The predicted molar refractivity (Wildman–Crippen MR) is 85.3 cm³/mol. The number of carbonyl (C=O) groups excluding carboxylic acids is 1. The molecule has 0 saturated heterocycles. The molecule has 0 atom stereocenters.